The maximum atomic E-state index is 12.2. The molecule has 0 unspecified atom stereocenters. The molecule has 0 radical (unpaired) electrons. The largest absolute Gasteiger partial charge is 0.360 e. The van der Waals surface area contributed by atoms with Crippen LogP contribution in [0.25, 0.3) is 5.82 Å². The first-order chi connectivity index (χ1) is 13.6. The molecule has 4 heterocycles. The summed E-state index contributed by atoms with van der Waals surface area (Å²) in [7, 11) is 0. The van der Waals surface area contributed by atoms with Crippen molar-refractivity contribution in [2.75, 3.05) is 32.7 Å². The van der Waals surface area contributed by atoms with Gasteiger partial charge in [-0.05, 0) is 26.0 Å². The molecule has 0 N–H and O–H groups in total. The van der Waals surface area contributed by atoms with Crippen LogP contribution in [0.2, 0.25) is 0 Å². The second-order valence-electron chi connectivity index (χ2n) is 7.19. The average molecular weight is 383 g/mol. The van der Waals surface area contributed by atoms with Gasteiger partial charge in [-0.3, -0.25) is 14.6 Å². The van der Waals surface area contributed by atoms with Gasteiger partial charge in [0.25, 0.3) is 5.56 Å². The number of hydrogen-bond acceptors (Lipinski definition) is 7. The van der Waals surface area contributed by atoms with Crippen molar-refractivity contribution in [3.05, 3.63) is 58.0 Å². The van der Waals surface area contributed by atoms with Gasteiger partial charge in [0, 0.05) is 50.6 Å². The van der Waals surface area contributed by atoms with E-state index in [0.29, 0.717) is 12.4 Å². The van der Waals surface area contributed by atoms with Crippen molar-refractivity contribution >= 4 is 0 Å². The zero-order chi connectivity index (χ0) is 19.5. The van der Waals surface area contributed by atoms with Crippen LogP contribution < -0.4 is 5.56 Å². The molecule has 0 saturated carbocycles. The highest BCUT2D eigenvalue weighted by Gasteiger charge is 2.18. The van der Waals surface area contributed by atoms with Crippen LogP contribution in [0.4, 0.5) is 0 Å². The summed E-state index contributed by atoms with van der Waals surface area (Å²) >= 11 is 0. The van der Waals surface area contributed by atoms with E-state index in [-0.39, 0.29) is 5.56 Å². The number of aryl methyl sites for hydroxylation is 2. The molecule has 1 saturated heterocycles. The molecule has 3 aromatic heterocycles. The van der Waals surface area contributed by atoms with Crippen molar-refractivity contribution in [2.24, 2.45) is 0 Å². The van der Waals surface area contributed by atoms with Crippen molar-refractivity contribution in [3.63, 3.8) is 0 Å². The first-order valence-corrected chi connectivity index (χ1v) is 9.54. The van der Waals surface area contributed by atoms with Crippen LogP contribution >= 0.6 is 0 Å². The third-order valence-electron chi connectivity index (χ3n) is 5.04. The fraction of sp³-hybridized carbons (Fsp3) is 0.474. The molecule has 0 aromatic carbocycles. The molecule has 1 fully saturated rings. The second-order valence-corrected chi connectivity index (χ2v) is 7.19. The van der Waals surface area contributed by atoms with E-state index in [1.807, 2.05) is 26.0 Å². The molecule has 0 bridgehead atoms. The first-order valence-electron chi connectivity index (χ1n) is 9.54. The van der Waals surface area contributed by atoms with Gasteiger partial charge in [0.15, 0.2) is 11.6 Å². The molecular formula is C19H25N7O2. The molecule has 0 spiro atoms. The Morgan fingerprint density at radius 1 is 1.00 bits per heavy atom. The average Bonchev–Trinajstić information content (AvgIpc) is 3.31. The minimum atomic E-state index is -0.0887. The minimum absolute atomic E-state index is 0.0887. The lowest BCUT2D eigenvalue weighted by molar-refractivity contribution is 0.114. The van der Waals surface area contributed by atoms with Crippen LogP contribution in [0.3, 0.4) is 0 Å². The number of nitrogens with zero attached hydrogens (tertiary/aromatic N) is 7. The summed E-state index contributed by atoms with van der Waals surface area (Å²) in [6.45, 7) is 9.93. The normalized spacial score (nSPS) is 15.9. The Hall–Kier alpha value is -2.78. The molecule has 1 aliphatic heterocycles. The predicted octanol–water partition coefficient (Wildman–Crippen LogP) is 0.852. The van der Waals surface area contributed by atoms with Crippen molar-refractivity contribution in [3.8, 4) is 5.82 Å². The lowest BCUT2D eigenvalue weighted by atomic mass is 10.3. The Kier molecular flexibility index (Phi) is 5.36. The summed E-state index contributed by atoms with van der Waals surface area (Å²) in [5.41, 5.74) is 1.84. The smallest absolute Gasteiger partial charge is 0.266 e. The Bertz CT molecular complexity index is 969. The monoisotopic (exact) mass is 383 g/mol. The molecule has 1 aliphatic rings. The van der Waals surface area contributed by atoms with E-state index in [2.05, 4.69) is 25.2 Å². The fourth-order valence-corrected chi connectivity index (χ4v) is 3.52. The molecule has 28 heavy (non-hydrogen) atoms. The fourth-order valence-electron chi connectivity index (χ4n) is 3.52. The van der Waals surface area contributed by atoms with Crippen LogP contribution in [-0.4, -0.2) is 67.2 Å². The number of aromatic nitrogens is 5. The zero-order valence-electron chi connectivity index (χ0n) is 16.3. The Balaban J connectivity index is 1.34. The lowest BCUT2D eigenvalue weighted by Gasteiger charge is -2.34. The van der Waals surface area contributed by atoms with Gasteiger partial charge in [-0.2, -0.15) is 5.10 Å². The van der Waals surface area contributed by atoms with Gasteiger partial charge in [-0.25, -0.2) is 9.36 Å². The number of rotatable bonds is 6. The quantitative estimate of drug-likeness (QED) is 0.624. The maximum absolute atomic E-state index is 12.2. The molecule has 0 amide bonds. The molecule has 0 aliphatic carbocycles. The highest BCUT2D eigenvalue weighted by molar-refractivity contribution is 5.23. The van der Waals surface area contributed by atoms with Gasteiger partial charge >= 0.3 is 0 Å². The van der Waals surface area contributed by atoms with Crippen LogP contribution in [0.5, 0.6) is 0 Å². The van der Waals surface area contributed by atoms with Crippen molar-refractivity contribution in [1.29, 1.82) is 0 Å². The molecule has 3 aromatic rings. The van der Waals surface area contributed by atoms with Crippen LogP contribution in [0.1, 0.15) is 17.1 Å². The summed E-state index contributed by atoms with van der Waals surface area (Å²) in [6, 6.07) is 7.18. The third-order valence-corrected chi connectivity index (χ3v) is 5.04. The van der Waals surface area contributed by atoms with Crippen molar-refractivity contribution in [1.82, 2.24) is 34.5 Å². The van der Waals surface area contributed by atoms with Crippen LogP contribution in [-0.2, 0) is 13.1 Å². The van der Waals surface area contributed by atoms with Gasteiger partial charge in [0.1, 0.15) is 0 Å². The molecule has 9 heteroatoms. The van der Waals surface area contributed by atoms with E-state index in [1.165, 1.54) is 4.68 Å². The van der Waals surface area contributed by atoms with E-state index < -0.39 is 0 Å². The highest BCUT2D eigenvalue weighted by Crippen LogP contribution is 2.09. The summed E-state index contributed by atoms with van der Waals surface area (Å²) in [5.74, 6) is 1.56. The standard InChI is InChI=1S/C19H25N7O2/c1-15-13-16(2)26(21-15)18-3-4-19(27)25(22-18)12-11-23-7-9-24(10-8-23)14-17-5-6-20-28-17/h3-6,13H,7-12,14H2,1-2H3. The Labute approximate surface area is 163 Å². The van der Waals surface area contributed by atoms with Gasteiger partial charge in [0.05, 0.1) is 25.0 Å². The van der Waals surface area contributed by atoms with Crippen LogP contribution in [0.15, 0.2) is 39.8 Å². The van der Waals surface area contributed by atoms with E-state index in [9.17, 15) is 4.79 Å². The number of hydrogen-bond donors (Lipinski definition) is 0. The molecular weight excluding hydrogens is 358 g/mol. The summed E-state index contributed by atoms with van der Waals surface area (Å²) in [6.07, 6.45) is 1.68. The molecule has 148 valence electrons. The lowest BCUT2D eigenvalue weighted by Crippen LogP contribution is -2.47. The first kappa shape index (κ1) is 18.6. The van der Waals surface area contributed by atoms with Gasteiger partial charge in [-0.15, -0.1) is 5.10 Å². The molecule has 9 nitrogen and oxygen atoms in total. The van der Waals surface area contributed by atoms with Crippen molar-refractivity contribution < 1.29 is 4.52 Å². The Morgan fingerprint density at radius 2 is 1.79 bits per heavy atom. The van der Waals surface area contributed by atoms with E-state index in [4.69, 9.17) is 4.52 Å². The van der Waals surface area contributed by atoms with Gasteiger partial charge < -0.3 is 4.52 Å². The van der Waals surface area contributed by atoms with Crippen LogP contribution in [0, 0.1) is 13.8 Å². The van der Waals surface area contributed by atoms with E-state index >= 15 is 0 Å². The molecule has 4 rings (SSSR count). The van der Waals surface area contributed by atoms with E-state index in [1.54, 1.807) is 23.0 Å². The topological polar surface area (TPSA) is 85.2 Å². The summed E-state index contributed by atoms with van der Waals surface area (Å²) < 4.78 is 8.49. The minimum Gasteiger partial charge on any atom is -0.360 e. The highest BCUT2D eigenvalue weighted by atomic mass is 16.5. The second kappa shape index (κ2) is 8.07. The Morgan fingerprint density at radius 3 is 2.46 bits per heavy atom. The number of piperazine rings is 1. The van der Waals surface area contributed by atoms with Gasteiger partial charge in [-0.1, -0.05) is 5.16 Å². The SMILES string of the molecule is Cc1cc(C)n(-c2ccc(=O)n(CCN3CCN(Cc4ccno4)CC3)n2)n1. The van der Waals surface area contributed by atoms with Gasteiger partial charge in [0.2, 0.25) is 0 Å². The summed E-state index contributed by atoms with van der Waals surface area (Å²) in [5, 5.41) is 12.7. The summed E-state index contributed by atoms with van der Waals surface area (Å²) in [4.78, 5) is 16.9. The zero-order valence-corrected chi connectivity index (χ0v) is 16.3. The predicted molar refractivity (Wildman–Crippen MR) is 103 cm³/mol. The van der Waals surface area contributed by atoms with Crippen molar-refractivity contribution in [2.45, 2.75) is 26.9 Å². The van der Waals surface area contributed by atoms with E-state index in [0.717, 1.165) is 56.4 Å². The maximum Gasteiger partial charge on any atom is 0.266 e. The molecule has 0 atom stereocenters. The third kappa shape index (κ3) is 4.20.